The molecular formula is C14H14N4S2. The Morgan fingerprint density at radius 3 is 2.95 bits per heavy atom. The fourth-order valence-corrected chi connectivity index (χ4v) is 3.99. The first-order valence-electron chi connectivity index (χ1n) is 6.59. The van der Waals surface area contributed by atoms with Gasteiger partial charge in [-0.1, -0.05) is 6.07 Å². The van der Waals surface area contributed by atoms with Gasteiger partial charge in [0.2, 0.25) is 0 Å². The van der Waals surface area contributed by atoms with E-state index in [1.165, 1.54) is 15.6 Å². The zero-order valence-electron chi connectivity index (χ0n) is 10.9. The van der Waals surface area contributed by atoms with Gasteiger partial charge in [0.1, 0.15) is 10.8 Å². The topological polar surface area (TPSA) is 34.0 Å². The highest BCUT2D eigenvalue weighted by molar-refractivity contribution is 7.13. The standard InChI is InChI=1S/C14H14N4S2/c1-2-12(19-6-1)11-8-16-13-9-17(4-5-18(11)13)10-14-15-3-7-20-14/h1-3,6-8H,4-5,9-10H2. The molecule has 0 amide bonds. The smallest absolute Gasteiger partial charge is 0.123 e. The Hall–Kier alpha value is -1.50. The molecule has 20 heavy (non-hydrogen) atoms. The van der Waals surface area contributed by atoms with Gasteiger partial charge in [0.25, 0.3) is 0 Å². The summed E-state index contributed by atoms with van der Waals surface area (Å²) in [5, 5.41) is 5.34. The van der Waals surface area contributed by atoms with Crippen LogP contribution >= 0.6 is 22.7 Å². The highest BCUT2D eigenvalue weighted by Crippen LogP contribution is 2.28. The van der Waals surface area contributed by atoms with Gasteiger partial charge in [0.05, 0.1) is 29.9 Å². The molecule has 3 aromatic heterocycles. The number of rotatable bonds is 3. The van der Waals surface area contributed by atoms with Crippen molar-refractivity contribution in [2.24, 2.45) is 0 Å². The molecule has 0 fully saturated rings. The van der Waals surface area contributed by atoms with Crippen LogP contribution in [0, 0.1) is 0 Å². The number of nitrogens with zero attached hydrogens (tertiary/aromatic N) is 4. The maximum Gasteiger partial charge on any atom is 0.123 e. The molecule has 102 valence electrons. The van der Waals surface area contributed by atoms with Crippen LogP contribution in [-0.2, 0) is 19.6 Å². The summed E-state index contributed by atoms with van der Waals surface area (Å²) in [6.45, 7) is 3.90. The minimum absolute atomic E-state index is 0.908. The highest BCUT2D eigenvalue weighted by Gasteiger charge is 2.21. The minimum Gasteiger partial charge on any atom is -0.325 e. The Morgan fingerprint density at radius 1 is 1.15 bits per heavy atom. The minimum atomic E-state index is 0.908. The fraction of sp³-hybridized carbons (Fsp3) is 0.286. The molecule has 6 heteroatoms. The number of aromatic nitrogens is 3. The predicted octanol–water partition coefficient (Wildman–Crippen LogP) is 3.08. The molecule has 0 bridgehead atoms. The van der Waals surface area contributed by atoms with E-state index in [2.05, 4.69) is 36.9 Å². The monoisotopic (exact) mass is 302 g/mol. The third-order valence-corrected chi connectivity index (χ3v) is 5.22. The lowest BCUT2D eigenvalue weighted by molar-refractivity contribution is 0.209. The molecule has 3 aromatic rings. The zero-order valence-corrected chi connectivity index (χ0v) is 12.5. The van der Waals surface area contributed by atoms with Crippen molar-refractivity contribution in [3.8, 4) is 10.6 Å². The summed E-state index contributed by atoms with van der Waals surface area (Å²) >= 11 is 3.50. The summed E-state index contributed by atoms with van der Waals surface area (Å²) in [7, 11) is 0. The Kier molecular flexibility index (Phi) is 3.14. The molecule has 1 aliphatic heterocycles. The lowest BCUT2D eigenvalue weighted by atomic mass is 10.3. The molecule has 1 aliphatic rings. The van der Waals surface area contributed by atoms with E-state index in [4.69, 9.17) is 0 Å². The van der Waals surface area contributed by atoms with E-state index in [1.54, 1.807) is 22.7 Å². The maximum atomic E-state index is 4.60. The quantitative estimate of drug-likeness (QED) is 0.745. The zero-order chi connectivity index (χ0) is 13.4. The molecule has 0 unspecified atom stereocenters. The second-order valence-corrected chi connectivity index (χ2v) is 6.75. The normalized spacial score (nSPS) is 15.4. The molecule has 0 aromatic carbocycles. The lowest BCUT2D eigenvalue weighted by Gasteiger charge is -2.27. The average Bonchev–Trinajstić information content (AvgIpc) is 3.19. The van der Waals surface area contributed by atoms with Crippen molar-refractivity contribution < 1.29 is 0 Å². The van der Waals surface area contributed by atoms with Crippen LogP contribution in [-0.4, -0.2) is 26.0 Å². The highest BCUT2D eigenvalue weighted by atomic mass is 32.1. The van der Waals surface area contributed by atoms with E-state index in [9.17, 15) is 0 Å². The number of fused-ring (bicyclic) bond motifs is 1. The van der Waals surface area contributed by atoms with Gasteiger partial charge >= 0.3 is 0 Å². The number of hydrogen-bond donors (Lipinski definition) is 0. The van der Waals surface area contributed by atoms with Crippen LogP contribution in [0.1, 0.15) is 10.8 Å². The fourth-order valence-electron chi connectivity index (χ4n) is 2.59. The number of hydrogen-bond acceptors (Lipinski definition) is 5. The van der Waals surface area contributed by atoms with E-state index in [1.807, 2.05) is 17.8 Å². The van der Waals surface area contributed by atoms with Crippen molar-refractivity contribution in [1.82, 2.24) is 19.4 Å². The van der Waals surface area contributed by atoms with E-state index >= 15 is 0 Å². The Morgan fingerprint density at radius 2 is 2.15 bits per heavy atom. The second kappa shape index (κ2) is 5.12. The van der Waals surface area contributed by atoms with Gasteiger partial charge < -0.3 is 4.57 Å². The van der Waals surface area contributed by atoms with Gasteiger partial charge in [-0.15, -0.1) is 22.7 Å². The third kappa shape index (κ3) is 2.19. The molecule has 0 spiro atoms. The summed E-state index contributed by atoms with van der Waals surface area (Å²) in [4.78, 5) is 12.7. The van der Waals surface area contributed by atoms with Gasteiger partial charge in [0, 0.05) is 24.7 Å². The van der Waals surface area contributed by atoms with Crippen LogP contribution in [0.2, 0.25) is 0 Å². The largest absolute Gasteiger partial charge is 0.325 e. The Balaban J connectivity index is 1.56. The third-order valence-electron chi connectivity index (χ3n) is 3.56. The van der Waals surface area contributed by atoms with Crippen molar-refractivity contribution in [2.45, 2.75) is 19.6 Å². The van der Waals surface area contributed by atoms with Crippen LogP contribution in [0.15, 0.2) is 35.3 Å². The maximum absolute atomic E-state index is 4.60. The Bertz CT molecular complexity index is 685. The van der Waals surface area contributed by atoms with Crippen LogP contribution in [0.4, 0.5) is 0 Å². The number of thiazole rings is 1. The van der Waals surface area contributed by atoms with Crippen molar-refractivity contribution in [1.29, 1.82) is 0 Å². The molecular weight excluding hydrogens is 288 g/mol. The predicted molar refractivity (Wildman–Crippen MR) is 81.8 cm³/mol. The van der Waals surface area contributed by atoms with Gasteiger partial charge in [0.15, 0.2) is 0 Å². The second-order valence-electron chi connectivity index (χ2n) is 4.83. The van der Waals surface area contributed by atoms with Gasteiger partial charge in [-0.25, -0.2) is 9.97 Å². The molecule has 4 rings (SSSR count). The summed E-state index contributed by atoms with van der Waals surface area (Å²) in [6.07, 6.45) is 3.88. The molecule has 0 atom stereocenters. The van der Waals surface area contributed by atoms with Gasteiger partial charge in [-0.3, -0.25) is 4.90 Å². The van der Waals surface area contributed by atoms with Gasteiger partial charge in [-0.2, -0.15) is 0 Å². The molecule has 0 aliphatic carbocycles. The van der Waals surface area contributed by atoms with E-state index in [0.717, 1.165) is 32.0 Å². The van der Waals surface area contributed by atoms with Crippen LogP contribution in [0.25, 0.3) is 10.6 Å². The number of thiophene rings is 1. The van der Waals surface area contributed by atoms with E-state index < -0.39 is 0 Å². The van der Waals surface area contributed by atoms with E-state index in [0.29, 0.717) is 0 Å². The van der Waals surface area contributed by atoms with Crippen molar-refractivity contribution in [3.05, 3.63) is 46.1 Å². The lowest BCUT2D eigenvalue weighted by Crippen LogP contribution is -2.33. The summed E-state index contributed by atoms with van der Waals surface area (Å²) in [5.41, 5.74) is 1.25. The van der Waals surface area contributed by atoms with E-state index in [-0.39, 0.29) is 0 Å². The van der Waals surface area contributed by atoms with Crippen LogP contribution < -0.4 is 0 Å². The Labute approximate surface area is 125 Å². The van der Waals surface area contributed by atoms with Crippen molar-refractivity contribution >= 4 is 22.7 Å². The first kappa shape index (κ1) is 12.3. The van der Waals surface area contributed by atoms with Gasteiger partial charge in [-0.05, 0) is 11.4 Å². The average molecular weight is 302 g/mol. The molecule has 4 heterocycles. The molecule has 0 saturated carbocycles. The van der Waals surface area contributed by atoms with Crippen molar-refractivity contribution in [2.75, 3.05) is 6.54 Å². The summed E-state index contributed by atoms with van der Waals surface area (Å²) < 4.78 is 2.35. The summed E-state index contributed by atoms with van der Waals surface area (Å²) in [6, 6.07) is 4.26. The molecule has 0 saturated heterocycles. The molecule has 0 N–H and O–H groups in total. The molecule has 0 radical (unpaired) electrons. The van der Waals surface area contributed by atoms with Crippen LogP contribution in [0.3, 0.4) is 0 Å². The van der Waals surface area contributed by atoms with Crippen LogP contribution in [0.5, 0.6) is 0 Å². The SMILES string of the molecule is c1csc(-c2cnc3n2CCN(Cc2nccs2)C3)c1. The first-order valence-corrected chi connectivity index (χ1v) is 8.35. The molecule has 4 nitrogen and oxygen atoms in total. The van der Waals surface area contributed by atoms with Crippen molar-refractivity contribution in [3.63, 3.8) is 0 Å². The first-order chi connectivity index (χ1) is 9.90. The summed E-state index contributed by atoms with van der Waals surface area (Å²) in [5.74, 6) is 1.16. The number of imidazole rings is 1.